The first kappa shape index (κ1) is 17.8. The lowest BCUT2D eigenvalue weighted by molar-refractivity contribution is -0.121. The Morgan fingerprint density at radius 1 is 1.21 bits per heavy atom. The minimum Gasteiger partial charge on any atom is -0.272 e. The van der Waals surface area contributed by atoms with E-state index in [4.69, 9.17) is 0 Å². The molecule has 0 radical (unpaired) electrons. The highest BCUT2D eigenvalue weighted by Gasteiger charge is 2.20. The Hall–Kier alpha value is -2.58. The van der Waals surface area contributed by atoms with Crippen molar-refractivity contribution in [3.05, 3.63) is 66.0 Å². The van der Waals surface area contributed by atoms with Crippen LogP contribution in [-0.4, -0.2) is 42.6 Å². The zero-order valence-electron chi connectivity index (χ0n) is 13.2. The third-order valence-corrected chi connectivity index (χ3v) is 4.30. The Labute approximate surface area is 141 Å². The number of aromatic nitrogens is 1. The number of benzene rings is 1. The molecule has 0 aliphatic heterocycles. The van der Waals surface area contributed by atoms with Gasteiger partial charge in [0.1, 0.15) is 0 Å². The monoisotopic (exact) mass is 346 g/mol. The maximum absolute atomic E-state index is 11.9. The zero-order chi connectivity index (χ0) is 17.4. The minimum atomic E-state index is -3.52. The second-order valence-electron chi connectivity index (χ2n) is 5.09. The van der Waals surface area contributed by atoms with Gasteiger partial charge in [0.05, 0.1) is 19.0 Å². The van der Waals surface area contributed by atoms with Crippen LogP contribution in [0.5, 0.6) is 0 Å². The maximum Gasteiger partial charge on any atom is 0.255 e. The number of hydrogen-bond acceptors (Lipinski definition) is 5. The summed E-state index contributed by atoms with van der Waals surface area (Å²) in [5.41, 5.74) is 3.90. The molecule has 1 aromatic heterocycles. The van der Waals surface area contributed by atoms with Gasteiger partial charge >= 0.3 is 0 Å². The molecule has 126 valence electrons. The highest BCUT2D eigenvalue weighted by molar-refractivity contribution is 7.88. The SMILES string of the molecule is CS(=O)(=O)N(CC(=O)N/N=C\c1ccncc1)Cc1ccccc1. The first-order valence-electron chi connectivity index (χ1n) is 7.16. The van der Waals surface area contributed by atoms with E-state index >= 15 is 0 Å². The molecule has 2 rings (SSSR count). The number of hydrogen-bond donors (Lipinski definition) is 1. The van der Waals surface area contributed by atoms with Crippen molar-refractivity contribution >= 4 is 22.1 Å². The van der Waals surface area contributed by atoms with Gasteiger partial charge in [-0.3, -0.25) is 9.78 Å². The van der Waals surface area contributed by atoms with Crippen molar-refractivity contribution in [2.45, 2.75) is 6.54 Å². The molecular weight excluding hydrogens is 328 g/mol. The molecule has 0 saturated heterocycles. The van der Waals surface area contributed by atoms with Crippen LogP contribution in [0.25, 0.3) is 0 Å². The third-order valence-electron chi connectivity index (χ3n) is 3.10. The number of nitrogens with zero attached hydrogens (tertiary/aromatic N) is 3. The summed E-state index contributed by atoms with van der Waals surface area (Å²) in [6, 6.07) is 12.5. The number of hydrazone groups is 1. The number of nitrogens with one attached hydrogen (secondary N) is 1. The van der Waals surface area contributed by atoms with Gasteiger partial charge in [0.25, 0.3) is 5.91 Å². The first-order chi connectivity index (χ1) is 11.4. The molecule has 1 heterocycles. The molecule has 0 saturated carbocycles. The number of amides is 1. The topological polar surface area (TPSA) is 91.7 Å². The Bertz CT molecular complexity index is 793. The molecule has 24 heavy (non-hydrogen) atoms. The van der Waals surface area contributed by atoms with Crippen molar-refractivity contribution in [1.29, 1.82) is 0 Å². The fourth-order valence-corrected chi connectivity index (χ4v) is 2.64. The quantitative estimate of drug-likeness (QED) is 0.598. The van der Waals surface area contributed by atoms with Crippen LogP contribution >= 0.6 is 0 Å². The molecule has 0 bridgehead atoms. The summed E-state index contributed by atoms with van der Waals surface area (Å²) in [5, 5.41) is 3.81. The highest BCUT2D eigenvalue weighted by Crippen LogP contribution is 2.07. The fraction of sp³-hybridized carbons (Fsp3) is 0.188. The van der Waals surface area contributed by atoms with Crippen molar-refractivity contribution < 1.29 is 13.2 Å². The minimum absolute atomic E-state index is 0.126. The molecule has 1 amide bonds. The van der Waals surface area contributed by atoms with Crippen molar-refractivity contribution in [3.63, 3.8) is 0 Å². The van der Waals surface area contributed by atoms with E-state index in [1.165, 1.54) is 6.21 Å². The second kappa shape index (κ2) is 8.32. The molecule has 7 nitrogen and oxygen atoms in total. The third kappa shape index (κ3) is 5.90. The van der Waals surface area contributed by atoms with E-state index in [2.05, 4.69) is 15.5 Å². The smallest absolute Gasteiger partial charge is 0.255 e. The van der Waals surface area contributed by atoms with Crippen LogP contribution in [0, 0.1) is 0 Å². The maximum atomic E-state index is 11.9. The Morgan fingerprint density at radius 3 is 2.50 bits per heavy atom. The lowest BCUT2D eigenvalue weighted by atomic mass is 10.2. The van der Waals surface area contributed by atoms with Gasteiger partial charge in [0, 0.05) is 18.9 Å². The molecule has 0 spiro atoms. The van der Waals surface area contributed by atoms with E-state index in [0.717, 1.165) is 21.7 Å². The molecular formula is C16H18N4O3S. The number of rotatable bonds is 7. The molecule has 2 aromatic rings. The number of sulfonamides is 1. The summed E-state index contributed by atoms with van der Waals surface area (Å²) < 4.78 is 24.8. The van der Waals surface area contributed by atoms with E-state index in [1.807, 2.05) is 18.2 Å². The van der Waals surface area contributed by atoms with Gasteiger partial charge in [-0.25, -0.2) is 13.8 Å². The van der Waals surface area contributed by atoms with Crippen molar-refractivity contribution in [3.8, 4) is 0 Å². The van der Waals surface area contributed by atoms with Gasteiger partial charge in [0.2, 0.25) is 10.0 Å². The predicted molar refractivity (Wildman–Crippen MR) is 91.7 cm³/mol. The lowest BCUT2D eigenvalue weighted by Crippen LogP contribution is -2.38. The summed E-state index contributed by atoms with van der Waals surface area (Å²) in [4.78, 5) is 15.8. The molecule has 0 aliphatic rings. The fourth-order valence-electron chi connectivity index (χ4n) is 1.90. The van der Waals surface area contributed by atoms with Crippen LogP contribution in [0.3, 0.4) is 0 Å². The summed E-state index contributed by atoms with van der Waals surface area (Å²) in [6.07, 6.45) is 5.74. The van der Waals surface area contributed by atoms with Gasteiger partial charge in [-0.2, -0.15) is 9.41 Å². The van der Waals surface area contributed by atoms with E-state index < -0.39 is 15.9 Å². The van der Waals surface area contributed by atoms with Crippen LogP contribution < -0.4 is 5.43 Å². The average molecular weight is 346 g/mol. The van der Waals surface area contributed by atoms with E-state index in [-0.39, 0.29) is 13.1 Å². The van der Waals surface area contributed by atoms with Crippen LogP contribution in [0.2, 0.25) is 0 Å². The normalized spacial score (nSPS) is 11.8. The van der Waals surface area contributed by atoms with E-state index in [9.17, 15) is 13.2 Å². The van der Waals surface area contributed by atoms with E-state index in [0.29, 0.717) is 0 Å². The molecule has 0 atom stereocenters. The summed E-state index contributed by atoms with van der Waals surface area (Å²) in [6.45, 7) is -0.178. The van der Waals surface area contributed by atoms with Crippen molar-refractivity contribution in [1.82, 2.24) is 14.7 Å². The number of carbonyl (C=O) groups excluding carboxylic acids is 1. The standard InChI is InChI=1S/C16H18N4O3S/c1-24(22,23)20(12-15-5-3-2-4-6-15)13-16(21)19-18-11-14-7-9-17-10-8-14/h2-11H,12-13H2,1H3,(H,19,21)/b18-11-. The van der Waals surface area contributed by atoms with Crippen LogP contribution in [0.15, 0.2) is 60.0 Å². The van der Waals surface area contributed by atoms with E-state index in [1.54, 1.807) is 36.7 Å². The molecule has 0 fully saturated rings. The summed E-state index contributed by atoms with van der Waals surface area (Å²) in [5.74, 6) is -0.512. The van der Waals surface area contributed by atoms with Crippen LogP contribution in [0.4, 0.5) is 0 Å². The van der Waals surface area contributed by atoms with Crippen LogP contribution in [0.1, 0.15) is 11.1 Å². The second-order valence-corrected chi connectivity index (χ2v) is 7.07. The summed E-state index contributed by atoms with van der Waals surface area (Å²) in [7, 11) is -3.52. The molecule has 0 aliphatic carbocycles. The highest BCUT2D eigenvalue weighted by atomic mass is 32.2. The molecule has 8 heteroatoms. The Balaban J connectivity index is 1.96. The number of carbonyl (C=O) groups is 1. The Morgan fingerprint density at radius 2 is 1.88 bits per heavy atom. The first-order valence-corrected chi connectivity index (χ1v) is 9.01. The van der Waals surface area contributed by atoms with Gasteiger partial charge in [-0.15, -0.1) is 0 Å². The zero-order valence-corrected chi connectivity index (χ0v) is 14.0. The van der Waals surface area contributed by atoms with Gasteiger partial charge in [-0.1, -0.05) is 30.3 Å². The lowest BCUT2D eigenvalue weighted by Gasteiger charge is -2.18. The van der Waals surface area contributed by atoms with Gasteiger partial charge in [-0.05, 0) is 23.3 Å². The molecule has 1 N–H and O–H groups in total. The van der Waals surface area contributed by atoms with Crippen molar-refractivity contribution in [2.75, 3.05) is 12.8 Å². The number of pyridine rings is 1. The largest absolute Gasteiger partial charge is 0.272 e. The van der Waals surface area contributed by atoms with Crippen LogP contribution in [-0.2, 0) is 21.4 Å². The Kier molecular flexibility index (Phi) is 6.16. The van der Waals surface area contributed by atoms with Gasteiger partial charge < -0.3 is 0 Å². The molecule has 0 unspecified atom stereocenters. The van der Waals surface area contributed by atoms with Gasteiger partial charge in [0.15, 0.2) is 0 Å². The summed E-state index contributed by atoms with van der Waals surface area (Å²) >= 11 is 0. The predicted octanol–water partition coefficient (Wildman–Crippen LogP) is 0.994. The average Bonchev–Trinajstić information content (AvgIpc) is 2.55. The molecule has 1 aromatic carbocycles. The van der Waals surface area contributed by atoms with Crippen molar-refractivity contribution in [2.24, 2.45) is 5.10 Å².